The van der Waals surface area contributed by atoms with E-state index in [9.17, 15) is 13.2 Å². The van der Waals surface area contributed by atoms with Gasteiger partial charge in [-0.25, -0.2) is 8.42 Å². The lowest BCUT2D eigenvalue weighted by atomic mass is 10.2. The number of nitrogens with one attached hydrogen (secondary N) is 1. The second-order valence-electron chi connectivity index (χ2n) is 4.30. The van der Waals surface area contributed by atoms with E-state index in [1.807, 2.05) is 0 Å². The van der Waals surface area contributed by atoms with Gasteiger partial charge in [0.15, 0.2) is 9.84 Å². The first-order chi connectivity index (χ1) is 8.78. The van der Waals surface area contributed by atoms with E-state index >= 15 is 0 Å². The highest BCUT2D eigenvalue weighted by Crippen LogP contribution is 2.21. The van der Waals surface area contributed by atoms with Gasteiger partial charge in [0.25, 0.3) is 5.91 Å². The van der Waals surface area contributed by atoms with Gasteiger partial charge < -0.3 is 5.32 Å². The average Bonchev–Trinajstić information content (AvgIpc) is 2.55. The number of benzene rings is 1. The molecule has 0 bridgehead atoms. The third-order valence-electron chi connectivity index (χ3n) is 2.78. The van der Waals surface area contributed by atoms with Crippen LogP contribution in [0.2, 0.25) is 5.02 Å². The zero-order valence-corrected chi connectivity index (χ0v) is 14.1. The van der Waals surface area contributed by atoms with Gasteiger partial charge in [-0.1, -0.05) is 11.6 Å². The summed E-state index contributed by atoms with van der Waals surface area (Å²) in [6.45, 7) is 0. The minimum absolute atomic E-state index is 0.104. The Morgan fingerprint density at radius 2 is 2.05 bits per heavy atom. The number of amides is 1. The molecule has 2 unspecified atom stereocenters. The summed E-state index contributed by atoms with van der Waals surface area (Å²) in [6, 6.07) is 4.35. The molecular formula is C11H10Cl2INO3S. The van der Waals surface area contributed by atoms with Crippen molar-refractivity contribution in [1.29, 1.82) is 0 Å². The molecule has 1 N–H and O–H groups in total. The molecule has 4 nitrogen and oxygen atoms in total. The highest BCUT2D eigenvalue weighted by atomic mass is 127. The van der Waals surface area contributed by atoms with E-state index in [0.717, 1.165) is 3.57 Å². The van der Waals surface area contributed by atoms with Crippen LogP contribution < -0.4 is 5.32 Å². The molecule has 104 valence electrons. The van der Waals surface area contributed by atoms with Crippen molar-refractivity contribution >= 4 is 61.5 Å². The molecule has 19 heavy (non-hydrogen) atoms. The minimum atomic E-state index is -3.16. The van der Waals surface area contributed by atoms with Crippen molar-refractivity contribution in [3.05, 3.63) is 32.4 Å². The fraction of sp³-hybridized carbons (Fsp3) is 0.364. The lowest BCUT2D eigenvalue weighted by molar-refractivity contribution is 0.0941. The van der Waals surface area contributed by atoms with Crippen LogP contribution in [0.3, 0.4) is 0 Å². The Morgan fingerprint density at radius 1 is 1.37 bits per heavy atom. The highest BCUT2D eigenvalue weighted by molar-refractivity contribution is 14.1. The van der Waals surface area contributed by atoms with Crippen molar-refractivity contribution in [3.63, 3.8) is 0 Å². The van der Waals surface area contributed by atoms with Crippen LogP contribution in [0.25, 0.3) is 0 Å². The Bertz CT molecular complexity index is 620. The van der Waals surface area contributed by atoms with Crippen molar-refractivity contribution in [1.82, 2.24) is 5.32 Å². The third-order valence-corrected chi connectivity index (χ3v) is 6.73. The second kappa shape index (κ2) is 5.75. The van der Waals surface area contributed by atoms with E-state index in [1.165, 1.54) is 0 Å². The minimum Gasteiger partial charge on any atom is -0.347 e. The number of carbonyl (C=O) groups is 1. The number of halogens is 3. The van der Waals surface area contributed by atoms with Gasteiger partial charge in [0, 0.05) is 9.13 Å². The smallest absolute Gasteiger partial charge is 0.251 e. The molecule has 1 heterocycles. The average molecular weight is 434 g/mol. The molecule has 1 amide bonds. The zero-order valence-electron chi connectivity index (χ0n) is 9.57. The summed E-state index contributed by atoms with van der Waals surface area (Å²) in [7, 11) is -3.16. The predicted molar refractivity (Wildman–Crippen MR) is 83.7 cm³/mol. The number of rotatable bonds is 2. The number of carbonyl (C=O) groups excluding carboxylic acids is 1. The standard InChI is InChI=1S/C11H10Cl2INO3S/c12-7-3-6(1-2-9(7)14)11(16)15-10-5-19(17,18)4-8(10)13/h1-3,8,10H,4-5H2,(H,15,16). The third kappa shape index (κ3) is 3.74. The summed E-state index contributed by atoms with van der Waals surface area (Å²) in [5, 5.41) is 2.53. The van der Waals surface area contributed by atoms with Crippen LogP contribution in [0, 0.1) is 3.57 Å². The van der Waals surface area contributed by atoms with Gasteiger partial charge in [-0.05, 0) is 40.8 Å². The summed E-state index contributed by atoms with van der Waals surface area (Å²) in [6.07, 6.45) is 0. The largest absolute Gasteiger partial charge is 0.347 e. The summed E-state index contributed by atoms with van der Waals surface area (Å²) in [4.78, 5) is 12.0. The SMILES string of the molecule is O=C(NC1CS(=O)(=O)CC1Cl)c1ccc(I)c(Cl)c1. The Kier molecular flexibility index (Phi) is 4.64. The van der Waals surface area contributed by atoms with Crippen LogP contribution in [0.5, 0.6) is 0 Å². The first-order valence-corrected chi connectivity index (χ1v) is 9.10. The second-order valence-corrected chi connectivity index (χ2v) is 8.59. The fourth-order valence-corrected chi connectivity index (χ4v) is 4.89. The maximum Gasteiger partial charge on any atom is 0.251 e. The number of sulfone groups is 1. The molecule has 2 rings (SSSR count). The molecule has 1 aromatic carbocycles. The maximum absolute atomic E-state index is 12.0. The van der Waals surface area contributed by atoms with Crippen molar-refractivity contribution < 1.29 is 13.2 Å². The Morgan fingerprint density at radius 3 is 2.58 bits per heavy atom. The van der Waals surface area contributed by atoms with E-state index in [0.29, 0.717) is 10.6 Å². The van der Waals surface area contributed by atoms with Gasteiger partial charge in [0.1, 0.15) is 0 Å². The Labute approximate surface area is 134 Å². The molecule has 2 atom stereocenters. The van der Waals surface area contributed by atoms with E-state index in [2.05, 4.69) is 27.9 Å². The van der Waals surface area contributed by atoms with E-state index in [-0.39, 0.29) is 17.4 Å². The fourth-order valence-electron chi connectivity index (χ4n) is 1.83. The molecule has 1 saturated heterocycles. The van der Waals surface area contributed by atoms with Crippen molar-refractivity contribution in [2.24, 2.45) is 0 Å². The van der Waals surface area contributed by atoms with Gasteiger partial charge in [0.05, 0.1) is 27.9 Å². The van der Waals surface area contributed by atoms with Crippen LogP contribution in [-0.2, 0) is 9.84 Å². The van der Waals surface area contributed by atoms with E-state index < -0.39 is 21.3 Å². The van der Waals surface area contributed by atoms with Crippen LogP contribution >= 0.6 is 45.8 Å². The van der Waals surface area contributed by atoms with E-state index in [1.54, 1.807) is 18.2 Å². The summed E-state index contributed by atoms with van der Waals surface area (Å²) in [5.74, 6) is -0.594. The monoisotopic (exact) mass is 433 g/mol. The van der Waals surface area contributed by atoms with Crippen molar-refractivity contribution in [2.45, 2.75) is 11.4 Å². The predicted octanol–water partition coefficient (Wildman–Crippen LogP) is 2.08. The Balaban J connectivity index is 2.11. The molecule has 0 radical (unpaired) electrons. The van der Waals surface area contributed by atoms with Gasteiger partial charge >= 0.3 is 0 Å². The van der Waals surface area contributed by atoms with Gasteiger partial charge in [0.2, 0.25) is 0 Å². The molecule has 0 aliphatic carbocycles. The first-order valence-electron chi connectivity index (χ1n) is 5.39. The molecule has 1 fully saturated rings. The zero-order chi connectivity index (χ0) is 14.2. The van der Waals surface area contributed by atoms with Gasteiger partial charge in [-0.3, -0.25) is 4.79 Å². The molecule has 0 saturated carbocycles. The molecule has 1 aliphatic rings. The molecule has 1 aliphatic heterocycles. The normalized spacial score (nSPS) is 25.2. The molecular weight excluding hydrogens is 424 g/mol. The van der Waals surface area contributed by atoms with Crippen molar-refractivity contribution in [3.8, 4) is 0 Å². The number of hydrogen-bond donors (Lipinski definition) is 1. The van der Waals surface area contributed by atoms with Crippen molar-refractivity contribution in [2.75, 3.05) is 11.5 Å². The topological polar surface area (TPSA) is 63.2 Å². The number of alkyl halides is 1. The quantitative estimate of drug-likeness (QED) is 0.573. The summed E-state index contributed by atoms with van der Waals surface area (Å²) in [5.41, 5.74) is 0.388. The molecule has 8 heteroatoms. The van der Waals surface area contributed by atoms with Crippen LogP contribution in [0.4, 0.5) is 0 Å². The Hall–Kier alpha value is -0.0500. The highest BCUT2D eigenvalue weighted by Gasteiger charge is 2.37. The van der Waals surface area contributed by atoms with Gasteiger partial charge in [-0.2, -0.15) is 0 Å². The molecule has 0 aromatic heterocycles. The van der Waals surface area contributed by atoms with E-state index in [4.69, 9.17) is 23.2 Å². The maximum atomic E-state index is 12.0. The number of hydrogen-bond acceptors (Lipinski definition) is 3. The lowest BCUT2D eigenvalue weighted by Gasteiger charge is -2.14. The molecule has 0 spiro atoms. The van der Waals surface area contributed by atoms with Gasteiger partial charge in [-0.15, -0.1) is 11.6 Å². The first kappa shape index (κ1) is 15.3. The summed E-state index contributed by atoms with van der Waals surface area (Å²) < 4.78 is 23.7. The summed E-state index contributed by atoms with van der Waals surface area (Å²) >= 11 is 13.9. The van der Waals surface area contributed by atoms with Crippen LogP contribution in [0.15, 0.2) is 18.2 Å². The van der Waals surface area contributed by atoms with Crippen LogP contribution in [0.1, 0.15) is 10.4 Å². The lowest BCUT2D eigenvalue weighted by Crippen LogP contribution is -2.40. The molecule has 1 aromatic rings. The van der Waals surface area contributed by atoms with Crippen LogP contribution in [-0.4, -0.2) is 37.2 Å².